The summed E-state index contributed by atoms with van der Waals surface area (Å²) in [5.41, 5.74) is 1.35. The van der Waals surface area contributed by atoms with Crippen LogP contribution < -0.4 is 0 Å². The number of aromatic nitrogens is 4. The number of rotatable bonds is 4. The molecule has 2 aromatic heterocycles. The zero-order chi connectivity index (χ0) is 13.0. The molecule has 0 fully saturated rings. The van der Waals surface area contributed by atoms with E-state index < -0.39 is 0 Å². The van der Waals surface area contributed by atoms with Crippen molar-refractivity contribution in [2.45, 2.75) is 20.0 Å². The molecule has 0 radical (unpaired) electrons. The first-order valence-corrected chi connectivity index (χ1v) is 5.74. The molecule has 6 nitrogen and oxygen atoms in total. The summed E-state index contributed by atoms with van der Waals surface area (Å²) in [6.07, 6.45) is 6.26. The van der Waals surface area contributed by atoms with E-state index in [0.717, 1.165) is 12.2 Å². The molecular formula is C12H15N5O. The van der Waals surface area contributed by atoms with Crippen molar-refractivity contribution >= 4 is 5.91 Å². The predicted octanol–water partition coefficient (Wildman–Crippen LogP) is 0.965. The fraction of sp³-hybridized carbons (Fsp3) is 0.333. The van der Waals surface area contributed by atoms with Gasteiger partial charge in [-0.3, -0.25) is 14.5 Å². The minimum absolute atomic E-state index is 0.146. The molecule has 2 aromatic rings. The summed E-state index contributed by atoms with van der Waals surface area (Å²) in [6, 6.07) is 1.91. The van der Waals surface area contributed by atoms with Crippen molar-refractivity contribution in [2.24, 2.45) is 0 Å². The van der Waals surface area contributed by atoms with E-state index >= 15 is 0 Å². The fourth-order valence-corrected chi connectivity index (χ4v) is 1.70. The maximum atomic E-state index is 12.1. The third-order valence-corrected chi connectivity index (χ3v) is 2.63. The van der Waals surface area contributed by atoms with Gasteiger partial charge in [-0.2, -0.15) is 5.10 Å². The Morgan fingerprint density at radius 1 is 1.39 bits per heavy atom. The first-order valence-electron chi connectivity index (χ1n) is 5.74. The quantitative estimate of drug-likeness (QED) is 0.805. The Kier molecular flexibility index (Phi) is 3.66. The number of carbonyl (C=O) groups is 1. The van der Waals surface area contributed by atoms with Crippen molar-refractivity contribution in [1.82, 2.24) is 24.6 Å². The van der Waals surface area contributed by atoms with E-state index in [-0.39, 0.29) is 5.91 Å². The molecule has 0 aromatic carbocycles. The van der Waals surface area contributed by atoms with Crippen LogP contribution in [0.5, 0.6) is 0 Å². The number of amides is 1. The van der Waals surface area contributed by atoms with Crippen LogP contribution in [0.3, 0.4) is 0 Å². The Hall–Kier alpha value is -2.24. The van der Waals surface area contributed by atoms with Crippen molar-refractivity contribution in [3.05, 3.63) is 42.2 Å². The van der Waals surface area contributed by atoms with Gasteiger partial charge in [-0.15, -0.1) is 0 Å². The topological polar surface area (TPSA) is 63.9 Å². The van der Waals surface area contributed by atoms with Crippen molar-refractivity contribution in [3.63, 3.8) is 0 Å². The van der Waals surface area contributed by atoms with Gasteiger partial charge < -0.3 is 4.90 Å². The highest BCUT2D eigenvalue weighted by Gasteiger charge is 2.14. The Bertz CT molecular complexity index is 522. The Labute approximate surface area is 105 Å². The maximum absolute atomic E-state index is 12.1. The zero-order valence-corrected chi connectivity index (χ0v) is 10.4. The van der Waals surface area contributed by atoms with E-state index in [1.165, 1.54) is 12.4 Å². The van der Waals surface area contributed by atoms with Gasteiger partial charge >= 0.3 is 0 Å². The van der Waals surface area contributed by atoms with Crippen LogP contribution in [0.2, 0.25) is 0 Å². The monoisotopic (exact) mass is 245 g/mol. The smallest absolute Gasteiger partial charge is 0.274 e. The van der Waals surface area contributed by atoms with Crippen LogP contribution in [0.1, 0.15) is 23.1 Å². The average Bonchev–Trinajstić information content (AvgIpc) is 2.86. The van der Waals surface area contributed by atoms with E-state index in [4.69, 9.17) is 0 Å². The molecule has 0 aliphatic carbocycles. The molecule has 2 rings (SSSR count). The van der Waals surface area contributed by atoms with Crippen LogP contribution in [0.15, 0.2) is 30.9 Å². The molecule has 18 heavy (non-hydrogen) atoms. The SMILES string of the molecule is CCn1nccc1CN(C)C(=O)c1cnccn1. The summed E-state index contributed by atoms with van der Waals surface area (Å²) < 4.78 is 1.86. The van der Waals surface area contributed by atoms with Crippen LogP contribution in [-0.2, 0) is 13.1 Å². The number of hydrogen-bond donors (Lipinski definition) is 0. The molecule has 1 amide bonds. The second-order valence-electron chi connectivity index (χ2n) is 3.89. The van der Waals surface area contributed by atoms with Crippen LogP contribution in [0.25, 0.3) is 0 Å². The van der Waals surface area contributed by atoms with E-state index in [9.17, 15) is 4.79 Å². The van der Waals surface area contributed by atoms with E-state index in [2.05, 4.69) is 15.1 Å². The largest absolute Gasteiger partial charge is 0.334 e. The zero-order valence-electron chi connectivity index (χ0n) is 10.4. The highest BCUT2D eigenvalue weighted by molar-refractivity contribution is 5.91. The third kappa shape index (κ3) is 2.53. The van der Waals surface area contributed by atoms with Crippen molar-refractivity contribution < 1.29 is 4.79 Å². The van der Waals surface area contributed by atoms with Gasteiger partial charge in [0.15, 0.2) is 0 Å². The number of aryl methyl sites for hydroxylation is 1. The molecule has 0 saturated carbocycles. The molecule has 0 aliphatic rings. The van der Waals surface area contributed by atoms with Gasteiger partial charge in [0.2, 0.25) is 0 Å². The molecule has 0 bridgehead atoms. The molecule has 6 heteroatoms. The standard InChI is InChI=1S/C12H15N5O/c1-3-17-10(4-5-15-17)9-16(2)12(18)11-8-13-6-7-14-11/h4-8H,3,9H2,1-2H3. The van der Waals surface area contributed by atoms with Crippen LogP contribution in [0, 0.1) is 0 Å². The van der Waals surface area contributed by atoms with Crippen molar-refractivity contribution in [3.8, 4) is 0 Å². The molecule has 0 spiro atoms. The van der Waals surface area contributed by atoms with Gasteiger partial charge in [-0.25, -0.2) is 4.98 Å². The lowest BCUT2D eigenvalue weighted by atomic mass is 10.3. The number of carbonyl (C=O) groups excluding carboxylic acids is 1. The molecule has 0 atom stereocenters. The molecule has 0 saturated heterocycles. The van der Waals surface area contributed by atoms with Crippen LogP contribution in [0.4, 0.5) is 0 Å². The number of nitrogens with zero attached hydrogens (tertiary/aromatic N) is 5. The Morgan fingerprint density at radius 3 is 2.89 bits per heavy atom. The molecule has 94 valence electrons. The normalized spacial score (nSPS) is 10.3. The Morgan fingerprint density at radius 2 is 2.22 bits per heavy atom. The van der Waals surface area contributed by atoms with Gasteiger partial charge in [0, 0.05) is 32.2 Å². The van der Waals surface area contributed by atoms with Gasteiger partial charge in [-0.05, 0) is 13.0 Å². The van der Waals surface area contributed by atoms with Gasteiger partial charge in [0.25, 0.3) is 5.91 Å². The minimum atomic E-state index is -0.146. The van der Waals surface area contributed by atoms with Crippen molar-refractivity contribution in [2.75, 3.05) is 7.05 Å². The highest BCUT2D eigenvalue weighted by Crippen LogP contribution is 2.06. The summed E-state index contributed by atoms with van der Waals surface area (Å²) in [7, 11) is 1.74. The van der Waals surface area contributed by atoms with E-state index in [1.54, 1.807) is 24.3 Å². The van der Waals surface area contributed by atoms with Crippen LogP contribution >= 0.6 is 0 Å². The first kappa shape index (κ1) is 12.2. The highest BCUT2D eigenvalue weighted by atomic mass is 16.2. The predicted molar refractivity (Wildman–Crippen MR) is 65.7 cm³/mol. The van der Waals surface area contributed by atoms with Gasteiger partial charge in [0.05, 0.1) is 18.4 Å². The van der Waals surface area contributed by atoms with Crippen LogP contribution in [-0.4, -0.2) is 37.6 Å². The molecule has 0 N–H and O–H groups in total. The third-order valence-electron chi connectivity index (χ3n) is 2.63. The number of hydrogen-bond acceptors (Lipinski definition) is 4. The molecule has 2 heterocycles. The van der Waals surface area contributed by atoms with Crippen molar-refractivity contribution in [1.29, 1.82) is 0 Å². The second kappa shape index (κ2) is 5.39. The summed E-state index contributed by atoms with van der Waals surface area (Å²) in [4.78, 5) is 21.6. The maximum Gasteiger partial charge on any atom is 0.274 e. The molecular weight excluding hydrogens is 230 g/mol. The molecule has 0 unspecified atom stereocenters. The molecule has 0 aliphatic heterocycles. The Balaban J connectivity index is 2.09. The lowest BCUT2D eigenvalue weighted by Gasteiger charge is -2.16. The van der Waals surface area contributed by atoms with E-state index in [1.807, 2.05) is 17.7 Å². The lowest BCUT2D eigenvalue weighted by Crippen LogP contribution is -2.28. The summed E-state index contributed by atoms with van der Waals surface area (Å²) in [5.74, 6) is -0.146. The second-order valence-corrected chi connectivity index (χ2v) is 3.89. The van der Waals surface area contributed by atoms with Gasteiger partial charge in [0.1, 0.15) is 5.69 Å². The summed E-state index contributed by atoms with van der Waals surface area (Å²) in [5, 5.41) is 4.17. The lowest BCUT2D eigenvalue weighted by molar-refractivity contribution is 0.0775. The minimum Gasteiger partial charge on any atom is -0.334 e. The summed E-state index contributed by atoms with van der Waals surface area (Å²) >= 11 is 0. The fourth-order valence-electron chi connectivity index (χ4n) is 1.70. The van der Waals surface area contributed by atoms with Gasteiger partial charge in [-0.1, -0.05) is 0 Å². The summed E-state index contributed by atoms with van der Waals surface area (Å²) in [6.45, 7) is 3.31. The average molecular weight is 245 g/mol. The van der Waals surface area contributed by atoms with E-state index in [0.29, 0.717) is 12.2 Å². The first-order chi connectivity index (χ1) is 8.72.